The predicted molar refractivity (Wildman–Crippen MR) is 132 cm³/mol. The van der Waals surface area contributed by atoms with Crippen molar-refractivity contribution in [3.05, 3.63) is 59.7 Å². The van der Waals surface area contributed by atoms with Crippen LogP contribution >= 0.6 is 11.8 Å². The van der Waals surface area contributed by atoms with E-state index < -0.39 is 6.10 Å². The Kier molecular flexibility index (Phi) is 8.21. The average Bonchev–Trinajstić information content (AvgIpc) is 3.30. The smallest absolute Gasteiger partial charge is 0.232 e. The number of carbonyl (C=O) groups is 1. The molecule has 0 saturated carbocycles. The zero-order chi connectivity index (χ0) is 23.9. The Bertz CT molecular complexity index is 1100. The summed E-state index contributed by atoms with van der Waals surface area (Å²) >= 11 is 1.44. The lowest BCUT2D eigenvalue weighted by Gasteiger charge is -2.28. The van der Waals surface area contributed by atoms with Crippen LogP contribution in [0.4, 0.5) is 5.95 Å². The number of hydrogen-bond acceptors (Lipinski definition) is 8. The molecule has 4 rings (SSSR count). The molecule has 0 radical (unpaired) electrons. The second-order valence-corrected chi connectivity index (χ2v) is 9.07. The number of aliphatic hydroxyl groups excluding tert-OH is 1. The maximum absolute atomic E-state index is 11.8. The zero-order valence-electron chi connectivity index (χ0n) is 19.5. The van der Waals surface area contributed by atoms with Crippen LogP contribution in [0.5, 0.6) is 5.75 Å². The maximum atomic E-state index is 11.8. The average molecular weight is 483 g/mol. The van der Waals surface area contributed by atoms with Gasteiger partial charge in [0.25, 0.3) is 0 Å². The molecule has 0 amide bonds. The minimum Gasteiger partial charge on any atom is -0.491 e. The van der Waals surface area contributed by atoms with Gasteiger partial charge in [0.15, 0.2) is 10.9 Å². The number of rotatable bonds is 10. The topological polar surface area (TPSA) is 89.7 Å². The Hall–Kier alpha value is -2.88. The molecular formula is C25H30N4O4S. The first-order valence-corrected chi connectivity index (χ1v) is 12.5. The van der Waals surface area contributed by atoms with Crippen LogP contribution in [0.15, 0.2) is 53.7 Å². The number of ether oxygens (including phenoxy) is 2. The quantitative estimate of drug-likeness (QED) is 0.347. The highest BCUT2D eigenvalue weighted by molar-refractivity contribution is 7.99. The Morgan fingerprint density at radius 3 is 2.59 bits per heavy atom. The van der Waals surface area contributed by atoms with Gasteiger partial charge >= 0.3 is 0 Å². The first kappa shape index (κ1) is 24.3. The molecule has 180 valence electrons. The molecular weight excluding hydrogens is 452 g/mol. The molecule has 1 N–H and O–H groups in total. The second kappa shape index (κ2) is 11.5. The SMILES string of the molecule is CCC(=O)c1ccc(OCC(O)CSc2nnc(N3CCOCC3)n2-c2ccccc2C)cc1. The molecule has 9 heteroatoms. The van der Waals surface area contributed by atoms with Gasteiger partial charge in [-0.15, -0.1) is 10.2 Å². The summed E-state index contributed by atoms with van der Waals surface area (Å²) in [6.07, 6.45) is -0.230. The van der Waals surface area contributed by atoms with Crippen LogP contribution in [0.1, 0.15) is 29.3 Å². The van der Waals surface area contributed by atoms with Gasteiger partial charge < -0.3 is 19.5 Å². The molecule has 1 unspecified atom stereocenters. The highest BCUT2D eigenvalue weighted by atomic mass is 32.2. The van der Waals surface area contributed by atoms with Crippen LogP contribution < -0.4 is 9.64 Å². The normalized spacial score (nSPS) is 14.7. The maximum Gasteiger partial charge on any atom is 0.232 e. The molecule has 1 aliphatic rings. The van der Waals surface area contributed by atoms with Gasteiger partial charge in [0.1, 0.15) is 12.4 Å². The summed E-state index contributed by atoms with van der Waals surface area (Å²) in [5.74, 6) is 1.90. The van der Waals surface area contributed by atoms with E-state index >= 15 is 0 Å². The third kappa shape index (κ3) is 5.78. The van der Waals surface area contributed by atoms with E-state index in [1.54, 1.807) is 24.3 Å². The van der Waals surface area contributed by atoms with Crippen molar-refractivity contribution >= 4 is 23.5 Å². The van der Waals surface area contributed by atoms with Crippen LogP contribution in [-0.2, 0) is 4.74 Å². The van der Waals surface area contributed by atoms with E-state index in [2.05, 4.69) is 38.7 Å². The standard InChI is InChI=1S/C25H30N4O4S/c1-3-23(31)19-8-10-21(11-9-19)33-16-20(30)17-34-25-27-26-24(28-12-14-32-15-13-28)29(25)22-7-5-4-6-18(22)2/h4-11,20,30H,3,12-17H2,1-2H3. The van der Waals surface area contributed by atoms with Crippen LogP contribution in [-0.4, -0.2) is 70.4 Å². The fourth-order valence-electron chi connectivity index (χ4n) is 3.70. The molecule has 8 nitrogen and oxygen atoms in total. The molecule has 0 bridgehead atoms. The van der Waals surface area contributed by atoms with Gasteiger partial charge in [-0.25, -0.2) is 0 Å². The molecule has 1 fully saturated rings. The molecule has 1 atom stereocenters. The van der Waals surface area contributed by atoms with E-state index in [4.69, 9.17) is 9.47 Å². The third-order valence-corrected chi connectivity index (χ3v) is 6.69. The minimum absolute atomic E-state index is 0.0946. The number of carbonyl (C=O) groups excluding carboxylic acids is 1. The number of nitrogens with zero attached hydrogens (tertiary/aromatic N) is 4. The lowest BCUT2D eigenvalue weighted by molar-refractivity contribution is 0.0987. The minimum atomic E-state index is -0.698. The number of hydrogen-bond donors (Lipinski definition) is 1. The van der Waals surface area contributed by atoms with Crippen LogP contribution in [0, 0.1) is 6.92 Å². The Labute approximate surface area is 203 Å². The molecule has 0 aliphatic carbocycles. The van der Waals surface area contributed by atoms with Gasteiger partial charge in [0, 0.05) is 30.8 Å². The number of aromatic nitrogens is 3. The molecule has 1 aromatic heterocycles. The summed E-state index contributed by atoms with van der Waals surface area (Å²) < 4.78 is 13.3. The first-order chi connectivity index (χ1) is 16.6. The largest absolute Gasteiger partial charge is 0.491 e. The van der Waals surface area contributed by atoms with Crippen LogP contribution in [0.3, 0.4) is 0 Å². The van der Waals surface area contributed by atoms with E-state index in [1.807, 2.05) is 19.1 Å². The number of anilines is 1. The van der Waals surface area contributed by atoms with Gasteiger partial charge in [-0.2, -0.15) is 0 Å². The van der Waals surface area contributed by atoms with Gasteiger partial charge in [-0.1, -0.05) is 36.9 Å². The Balaban J connectivity index is 1.42. The van der Waals surface area contributed by atoms with Crippen molar-refractivity contribution in [1.82, 2.24) is 14.8 Å². The molecule has 34 heavy (non-hydrogen) atoms. The van der Waals surface area contributed by atoms with Gasteiger partial charge in [0.2, 0.25) is 5.95 Å². The van der Waals surface area contributed by atoms with E-state index in [0.29, 0.717) is 36.7 Å². The van der Waals surface area contributed by atoms with E-state index in [9.17, 15) is 9.90 Å². The molecule has 1 aliphatic heterocycles. The number of morpholine rings is 1. The van der Waals surface area contributed by atoms with Crippen molar-refractivity contribution in [2.24, 2.45) is 0 Å². The summed E-state index contributed by atoms with van der Waals surface area (Å²) in [7, 11) is 0. The predicted octanol–water partition coefficient (Wildman–Crippen LogP) is 3.54. The van der Waals surface area contributed by atoms with Crippen molar-refractivity contribution < 1.29 is 19.4 Å². The third-order valence-electron chi connectivity index (χ3n) is 5.61. The van der Waals surface area contributed by atoms with Gasteiger partial charge in [0.05, 0.1) is 25.0 Å². The first-order valence-electron chi connectivity index (χ1n) is 11.5. The van der Waals surface area contributed by atoms with Gasteiger partial charge in [-0.05, 0) is 42.8 Å². The van der Waals surface area contributed by atoms with E-state index in [1.165, 1.54) is 11.8 Å². The fraction of sp³-hybridized carbons (Fsp3) is 0.400. The highest BCUT2D eigenvalue weighted by Crippen LogP contribution is 2.29. The summed E-state index contributed by atoms with van der Waals surface area (Å²) in [6.45, 7) is 6.88. The van der Waals surface area contributed by atoms with Crippen molar-refractivity contribution in [2.75, 3.05) is 43.6 Å². The second-order valence-electron chi connectivity index (χ2n) is 8.08. The number of benzene rings is 2. The van der Waals surface area contributed by atoms with Crippen molar-refractivity contribution in [3.63, 3.8) is 0 Å². The fourth-order valence-corrected chi connectivity index (χ4v) is 4.55. The number of para-hydroxylation sites is 1. The highest BCUT2D eigenvalue weighted by Gasteiger charge is 2.23. The van der Waals surface area contributed by atoms with E-state index in [0.717, 1.165) is 35.4 Å². The molecule has 2 heterocycles. The molecule has 0 spiro atoms. The van der Waals surface area contributed by atoms with Crippen LogP contribution in [0.25, 0.3) is 5.69 Å². The van der Waals surface area contributed by atoms with Crippen molar-refractivity contribution in [1.29, 1.82) is 0 Å². The lowest BCUT2D eigenvalue weighted by Crippen LogP contribution is -2.38. The summed E-state index contributed by atoms with van der Waals surface area (Å²) in [6, 6.07) is 15.1. The molecule has 1 saturated heterocycles. The number of aryl methyl sites for hydroxylation is 1. The number of Topliss-reactive ketones (excluding diaryl/α,β-unsaturated/α-hetero) is 1. The summed E-state index contributed by atoms with van der Waals surface area (Å²) in [5.41, 5.74) is 2.80. The monoisotopic (exact) mass is 482 g/mol. The number of thioether (sulfide) groups is 1. The number of ketones is 1. The molecule has 3 aromatic rings. The molecule has 2 aromatic carbocycles. The van der Waals surface area contributed by atoms with Crippen molar-refractivity contribution in [3.8, 4) is 11.4 Å². The summed E-state index contributed by atoms with van der Waals surface area (Å²) in [5, 5.41) is 20.2. The van der Waals surface area contributed by atoms with Crippen molar-refractivity contribution in [2.45, 2.75) is 31.5 Å². The van der Waals surface area contributed by atoms with E-state index in [-0.39, 0.29) is 12.4 Å². The Morgan fingerprint density at radius 2 is 1.88 bits per heavy atom. The van der Waals surface area contributed by atoms with Gasteiger partial charge in [-0.3, -0.25) is 9.36 Å². The Morgan fingerprint density at radius 1 is 1.15 bits per heavy atom. The summed E-state index contributed by atoms with van der Waals surface area (Å²) in [4.78, 5) is 13.9. The zero-order valence-corrected chi connectivity index (χ0v) is 20.3. The number of aliphatic hydroxyl groups is 1. The van der Waals surface area contributed by atoms with Crippen LogP contribution in [0.2, 0.25) is 0 Å². The lowest BCUT2D eigenvalue weighted by atomic mass is 10.1.